The smallest absolute Gasteiger partial charge is 0.373 e. The number of benzene rings is 2. The fourth-order valence-corrected chi connectivity index (χ4v) is 8.51. The first-order valence-corrected chi connectivity index (χ1v) is 16.1. The van der Waals surface area contributed by atoms with Gasteiger partial charge in [0.25, 0.3) is 0 Å². The standard InChI is InChI=1S/C34H40N2O2Si.CO2/c1-34(2,3)23-10-13-26(33(37)38)29(20-23)32-27-14-11-24(35-16-6-7-17-35)21-30(27)39(4,5)31-22-25(12-15-28(31)32)36-18-8-9-19-36;2-1-3/h10-15,20-22H,6-9,16-19H2,1-5H3;/i6D2,7D2,8D2,9D2,16D2,17D2,18D2,19D2;. The molecule has 218 valence electrons. The first-order valence-electron chi connectivity index (χ1n) is 21.1. The highest BCUT2D eigenvalue weighted by Crippen LogP contribution is 2.43. The van der Waals surface area contributed by atoms with Gasteiger partial charge in [-0.25, -0.2) is 4.58 Å². The first-order chi connectivity index (χ1) is 26.0. The van der Waals surface area contributed by atoms with Crippen LogP contribution in [0.4, 0.5) is 5.69 Å². The van der Waals surface area contributed by atoms with Gasteiger partial charge in [-0.1, -0.05) is 52.1 Å². The molecule has 2 saturated heterocycles. The quantitative estimate of drug-likeness (QED) is 0.388. The third kappa shape index (κ3) is 5.39. The molecule has 4 aliphatic rings. The zero-order chi connectivity index (χ0) is 44.6. The average molecular weight is 597 g/mol. The van der Waals surface area contributed by atoms with Gasteiger partial charge in [0, 0.05) is 65.6 Å². The summed E-state index contributed by atoms with van der Waals surface area (Å²) in [6.45, 7) is -3.39. The van der Waals surface area contributed by atoms with Crippen molar-refractivity contribution in [2.45, 2.75) is 64.8 Å². The molecule has 0 saturated carbocycles. The minimum absolute atomic E-state index is 0.198. The van der Waals surface area contributed by atoms with Gasteiger partial charge in [0.05, 0.1) is 5.97 Å². The molecule has 0 N–H and O–H groups in total. The number of rotatable bonds is 3. The maximum absolute atomic E-state index is 12.7. The van der Waals surface area contributed by atoms with E-state index in [9.17, 15) is 9.90 Å². The lowest BCUT2D eigenvalue weighted by molar-refractivity contribution is -0.504. The normalized spacial score (nSPS) is 34.3. The second-order valence-electron chi connectivity index (χ2n) is 11.5. The van der Waals surface area contributed by atoms with Crippen molar-refractivity contribution in [3.63, 3.8) is 0 Å². The molecule has 0 unspecified atom stereocenters. The fourth-order valence-electron chi connectivity index (χ4n) is 5.44. The van der Waals surface area contributed by atoms with Gasteiger partial charge >= 0.3 is 6.15 Å². The summed E-state index contributed by atoms with van der Waals surface area (Å²) in [6.07, 6.45) is -8.80. The molecule has 0 bridgehead atoms. The molecular formula is C35H40N2O4Si. The van der Waals surface area contributed by atoms with Crippen LogP contribution in [0.15, 0.2) is 65.4 Å². The predicted octanol–water partition coefficient (Wildman–Crippen LogP) is 4.38. The summed E-state index contributed by atoms with van der Waals surface area (Å²) in [5.41, 5.74) is 1.07. The summed E-state index contributed by atoms with van der Waals surface area (Å²) in [4.78, 5) is 29.4. The molecule has 1 aliphatic carbocycles. The average Bonchev–Trinajstić information content (AvgIpc) is 3.19. The number of carboxylic acids is 1. The van der Waals surface area contributed by atoms with Crippen molar-refractivity contribution in [1.29, 1.82) is 0 Å². The minimum atomic E-state index is -3.33. The van der Waals surface area contributed by atoms with Crippen LogP contribution in [0.2, 0.25) is 13.1 Å². The van der Waals surface area contributed by atoms with Crippen LogP contribution >= 0.6 is 0 Å². The van der Waals surface area contributed by atoms with Gasteiger partial charge in [-0.2, -0.15) is 9.59 Å². The van der Waals surface area contributed by atoms with Crippen LogP contribution in [0, 0.1) is 0 Å². The summed E-state index contributed by atoms with van der Waals surface area (Å²) in [6, 6.07) is 9.01. The zero-order valence-corrected chi connectivity index (χ0v) is 24.7. The van der Waals surface area contributed by atoms with E-state index in [4.69, 9.17) is 31.5 Å². The molecule has 0 radical (unpaired) electrons. The van der Waals surface area contributed by atoms with Crippen molar-refractivity contribution < 1.29 is 46.0 Å². The van der Waals surface area contributed by atoms with E-state index in [-0.39, 0.29) is 28.7 Å². The number of hydrogen-bond acceptors (Lipinski definition) is 5. The Morgan fingerprint density at radius 3 is 2.26 bits per heavy atom. The number of carbonyl (C=O) groups is 1. The number of hydrogen-bond donors (Lipinski definition) is 0. The van der Waals surface area contributed by atoms with E-state index in [1.165, 1.54) is 42.5 Å². The summed E-state index contributed by atoms with van der Waals surface area (Å²) in [5.74, 6) is -1.51. The molecule has 0 spiro atoms. The van der Waals surface area contributed by atoms with Crippen molar-refractivity contribution in [3.05, 3.63) is 87.6 Å². The van der Waals surface area contributed by atoms with E-state index in [1.54, 1.807) is 12.1 Å². The van der Waals surface area contributed by atoms with E-state index < -0.39 is 70.9 Å². The number of aromatic carboxylic acids is 1. The van der Waals surface area contributed by atoms with Crippen LogP contribution in [0.5, 0.6) is 0 Å². The Bertz CT molecular complexity index is 2250. The predicted molar refractivity (Wildman–Crippen MR) is 167 cm³/mol. The Morgan fingerprint density at radius 1 is 0.976 bits per heavy atom. The summed E-state index contributed by atoms with van der Waals surface area (Å²) < 4.78 is 137. The molecule has 42 heavy (non-hydrogen) atoms. The van der Waals surface area contributed by atoms with E-state index in [1.807, 2.05) is 33.9 Å². The SMILES string of the molecule is O=C=O.[2H]C1([2H])N(c2ccc3c(c2)[Si](C)(C)C2=CC(=[N+]4C([2H])([2H])C([2H])([2H])C([2H])([2H])C4([2H])[2H])C=CC2=C3c2cc(C(C)(C)C)ccc2C(=O)[O-])C([2H])([2H])C([2H])([2H])C1([2H])[2H]. The summed E-state index contributed by atoms with van der Waals surface area (Å²) in [7, 11) is -3.30. The van der Waals surface area contributed by atoms with Crippen LogP contribution in [0.1, 0.15) is 95.2 Å². The molecule has 6 rings (SSSR count). The van der Waals surface area contributed by atoms with Crippen LogP contribution in [0.25, 0.3) is 5.57 Å². The van der Waals surface area contributed by atoms with Crippen LogP contribution < -0.4 is 15.2 Å². The molecule has 7 heteroatoms. The maximum atomic E-state index is 12.7. The van der Waals surface area contributed by atoms with E-state index >= 15 is 0 Å². The molecular weight excluding hydrogens is 540 g/mol. The molecule has 2 aromatic rings. The van der Waals surface area contributed by atoms with Crippen molar-refractivity contribution >= 4 is 42.4 Å². The highest BCUT2D eigenvalue weighted by molar-refractivity contribution is 6.98. The number of carbonyl (C=O) groups excluding carboxylic acids is 3. The van der Waals surface area contributed by atoms with E-state index in [0.29, 0.717) is 36.6 Å². The lowest BCUT2D eigenvalue weighted by atomic mass is 9.81. The number of fused-ring (bicyclic) bond motifs is 2. The molecule has 6 nitrogen and oxygen atoms in total. The lowest BCUT2D eigenvalue weighted by Crippen LogP contribution is -2.50. The molecule has 0 atom stereocenters. The van der Waals surface area contributed by atoms with Gasteiger partial charge in [-0.15, -0.1) is 0 Å². The van der Waals surface area contributed by atoms with E-state index in [2.05, 4.69) is 0 Å². The molecule has 0 amide bonds. The highest BCUT2D eigenvalue weighted by Gasteiger charge is 2.41. The second-order valence-corrected chi connectivity index (χ2v) is 15.8. The molecule has 2 fully saturated rings. The number of allylic oxidation sites excluding steroid dienone is 5. The van der Waals surface area contributed by atoms with Gasteiger partial charge in [0.2, 0.25) is 0 Å². The number of nitrogens with zero attached hydrogens (tertiary/aromatic N) is 2. The van der Waals surface area contributed by atoms with Crippen LogP contribution in [-0.4, -0.2) is 56.5 Å². The Hall–Kier alpha value is -3.80. The largest absolute Gasteiger partial charge is 0.545 e. The lowest BCUT2D eigenvalue weighted by Gasteiger charge is -2.39. The molecule has 3 heterocycles. The van der Waals surface area contributed by atoms with Gasteiger partial charge in [-0.3, -0.25) is 0 Å². The zero-order valence-electron chi connectivity index (χ0n) is 39.7. The van der Waals surface area contributed by atoms with Crippen molar-refractivity contribution in [2.24, 2.45) is 0 Å². The summed E-state index contributed by atoms with van der Waals surface area (Å²) in [5, 5.41) is 13.6. The topological polar surface area (TPSA) is 80.5 Å². The first kappa shape index (κ1) is 15.6. The second kappa shape index (κ2) is 11.5. The Kier molecular flexibility index (Phi) is 4.26. The minimum Gasteiger partial charge on any atom is -0.545 e. The third-order valence-electron chi connectivity index (χ3n) is 7.58. The number of carboxylic acid groups (broad SMARTS) is 1. The highest BCUT2D eigenvalue weighted by atomic mass is 28.3. The van der Waals surface area contributed by atoms with Crippen LogP contribution in [0.3, 0.4) is 0 Å². The molecule has 0 aromatic heterocycles. The monoisotopic (exact) mass is 596 g/mol. The van der Waals surface area contributed by atoms with Crippen molar-refractivity contribution in [1.82, 2.24) is 0 Å². The van der Waals surface area contributed by atoms with Crippen molar-refractivity contribution in [2.75, 3.05) is 30.9 Å². The molecule has 3 aliphatic heterocycles. The van der Waals surface area contributed by atoms with Gasteiger partial charge in [-0.05, 0) is 80.7 Å². The summed E-state index contributed by atoms with van der Waals surface area (Å²) >= 11 is 0. The Labute approximate surface area is 272 Å². The van der Waals surface area contributed by atoms with Gasteiger partial charge in [0.15, 0.2) is 5.71 Å². The van der Waals surface area contributed by atoms with Gasteiger partial charge < -0.3 is 14.8 Å². The molecule has 2 aromatic carbocycles. The third-order valence-corrected chi connectivity index (χ3v) is 11.1. The fraction of sp³-hybridized carbons (Fsp3) is 0.400. The maximum Gasteiger partial charge on any atom is 0.373 e. The van der Waals surface area contributed by atoms with Crippen LogP contribution in [-0.2, 0) is 15.0 Å². The number of anilines is 1. The van der Waals surface area contributed by atoms with Gasteiger partial charge in [0.1, 0.15) is 26.6 Å². The Morgan fingerprint density at radius 2 is 1.64 bits per heavy atom. The van der Waals surface area contributed by atoms with Crippen molar-refractivity contribution in [3.8, 4) is 0 Å². The van der Waals surface area contributed by atoms with E-state index in [0.717, 1.165) is 5.56 Å². The Balaban J connectivity index is 0.00000207.